The fraction of sp³-hybridized carbons (Fsp3) is 0.333. The third-order valence-corrected chi connectivity index (χ3v) is 3.04. The minimum atomic E-state index is 0.153. The molecule has 0 fully saturated rings. The van der Waals surface area contributed by atoms with Crippen LogP contribution in [0.25, 0.3) is 0 Å². The van der Waals surface area contributed by atoms with Gasteiger partial charge in [0.2, 0.25) is 0 Å². The molecule has 1 aromatic heterocycles. The molecule has 1 N–H and O–H groups in total. The quantitative estimate of drug-likeness (QED) is 0.902. The van der Waals surface area contributed by atoms with Gasteiger partial charge in [-0.2, -0.15) is 0 Å². The highest BCUT2D eigenvalue weighted by Gasteiger charge is 2.14. The highest BCUT2D eigenvalue weighted by Crippen LogP contribution is 2.24. The summed E-state index contributed by atoms with van der Waals surface area (Å²) >= 11 is 6.19. The molecule has 0 saturated carbocycles. The maximum Gasteiger partial charge on any atom is 0.0845 e. The van der Waals surface area contributed by atoms with Crippen LogP contribution in [0.3, 0.4) is 0 Å². The summed E-state index contributed by atoms with van der Waals surface area (Å²) in [7, 11) is 3.78. The van der Waals surface area contributed by atoms with Crippen LogP contribution in [0, 0.1) is 0 Å². The molecule has 0 aliphatic carbocycles. The lowest BCUT2D eigenvalue weighted by atomic mass is 10.0. The monoisotopic (exact) mass is 250 g/mol. The van der Waals surface area contributed by atoms with Gasteiger partial charge in [0, 0.05) is 30.7 Å². The Hall–Kier alpha value is -1.39. The van der Waals surface area contributed by atoms with E-state index in [1.165, 1.54) is 0 Å². The number of likely N-dealkylation sites (N-methyl/N-ethyl adjacent to an activating group) is 1. The standard InChI is InChI=1S/C12H15ClN4/c1-14-12(7-9-8-17(2)16-15-9)10-5-3-4-6-11(10)13/h3-6,8,12,14H,7H2,1-2H3. The summed E-state index contributed by atoms with van der Waals surface area (Å²) in [6.45, 7) is 0. The van der Waals surface area contributed by atoms with Crippen molar-refractivity contribution in [1.29, 1.82) is 0 Å². The number of hydrogen-bond donors (Lipinski definition) is 1. The summed E-state index contributed by atoms with van der Waals surface area (Å²) < 4.78 is 1.70. The third kappa shape index (κ3) is 2.84. The van der Waals surface area contributed by atoms with Crippen LogP contribution in [-0.4, -0.2) is 22.0 Å². The Morgan fingerprint density at radius 2 is 2.18 bits per heavy atom. The smallest absolute Gasteiger partial charge is 0.0845 e. The van der Waals surface area contributed by atoms with Gasteiger partial charge in [-0.05, 0) is 18.7 Å². The fourth-order valence-electron chi connectivity index (χ4n) is 1.82. The van der Waals surface area contributed by atoms with Crippen molar-refractivity contribution in [2.24, 2.45) is 7.05 Å². The minimum Gasteiger partial charge on any atom is -0.313 e. The molecule has 0 amide bonds. The van der Waals surface area contributed by atoms with Crippen molar-refractivity contribution in [1.82, 2.24) is 20.3 Å². The Kier molecular flexibility index (Phi) is 3.76. The van der Waals surface area contributed by atoms with Crippen LogP contribution in [0.15, 0.2) is 30.5 Å². The molecule has 1 unspecified atom stereocenters. The van der Waals surface area contributed by atoms with Gasteiger partial charge >= 0.3 is 0 Å². The second-order valence-electron chi connectivity index (χ2n) is 3.95. The van der Waals surface area contributed by atoms with Crippen molar-refractivity contribution in [2.45, 2.75) is 12.5 Å². The first kappa shape index (κ1) is 12.1. The Balaban J connectivity index is 2.20. The first-order valence-corrected chi connectivity index (χ1v) is 5.85. The molecule has 2 rings (SSSR count). The van der Waals surface area contributed by atoms with E-state index >= 15 is 0 Å². The van der Waals surface area contributed by atoms with E-state index in [9.17, 15) is 0 Å². The number of halogens is 1. The molecular formula is C12H15ClN4. The fourth-order valence-corrected chi connectivity index (χ4v) is 2.09. The second-order valence-corrected chi connectivity index (χ2v) is 4.36. The van der Waals surface area contributed by atoms with E-state index < -0.39 is 0 Å². The van der Waals surface area contributed by atoms with Crippen molar-refractivity contribution in [2.75, 3.05) is 7.05 Å². The van der Waals surface area contributed by atoms with Gasteiger partial charge in [-0.3, -0.25) is 4.68 Å². The van der Waals surface area contributed by atoms with Gasteiger partial charge in [-0.1, -0.05) is 35.0 Å². The summed E-state index contributed by atoms with van der Waals surface area (Å²) in [6.07, 6.45) is 2.69. The molecule has 5 heteroatoms. The van der Waals surface area contributed by atoms with Gasteiger partial charge < -0.3 is 5.32 Å². The molecular weight excluding hydrogens is 236 g/mol. The van der Waals surface area contributed by atoms with Crippen molar-refractivity contribution < 1.29 is 0 Å². The number of nitrogens with one attached hydrogen (secondary N) is 1. The molecule has 0 aliphatic rings. The molecule has 1 aromatic carbocycles. The maximum absolute atomic E-state index is 6.19. The Morgan fingerprint density at radius 3 is 2.76 bits per heavy atom. The maximum atomic E-state index is 6.19. The van der Waals surface area contributed by atoms with E-state index in [0.717, 1.165) is 22.7 Å². The van der Waals surface area contributed by atoms with E-state index in [0.29, 0.717) is 0 Å². The largest absolute Gasteiger partial charge is 0.313 e. The molecule has 1 atom stereocenters. The summed E-state index contributed by atoms with van der Waals surface area (Å²) in [5, 5.41) is 12.0. The van der Waals surface area contributed by atoms with Gasteiger partial charge in [0.05, 0.1) is 5.69 Å². The summed E-state index contributed by atoms with van der Waals surface area (Å²) in [4.78, 5) is 0. The first-order valence-electron chi connectivity index (χ1n) is 5.47. The predicted molar refractivity (Wildman–Crippen MR) is 68.0 cm³/mol. The SMILES string of the molecule is CNC(Cc1cn(C)nn1)c1ccccc1Cl. The van der Waals surface area contributed by atoms with Crippen molar-refractivity contribution >= 4 is 11.6 Å². The molecule has 90 valence electrons. The molecule has 0 spiro atoms. The molecule has 0 radical (unpaired) electrons. The number of aryl methyl sites for hydroxylation is 1. The van der Waals surface area contributed by atoms with Gasteiger partial charge in [0.15, 0.2) is 0 Å². The number of nitrogens with zero attached hydrogens (tertiary/aromatic N) is 3. The van der Waals surface area contributed by atoms with E-state index in [1.54, 1.807) is 4.68 Å². The highest BCUT2D eigenvalue weighted by atomic mass is 35.5. The summed E-state index contributed by atoms with van der Waals surface area (Å²) in [6, 6.07) is 8.00. The van der Waals surface area contributed by atoms with Crippen LogP contribution in [0.5, 0.6) is 0 Å². The molecule has 0 saturated heterocycles. The van der Waals surface area contributed by atoms with Crippen LogP contribution in [0.1, 0.15) is 17.3 Å². The summed E-state index contributed by atoms with van der Waals surface area (Å²) in [5.41, 5.74) is 2.04. The van der Waals surface area contributed by atoms with Gasteiger partial charge in [0.1, 0.15) is 0 Å². The van der Waals surface area contributed by atoms with Crippen LogP contribution in [-0.2, 0) is 13.5 Å². The molecule has 0 aliphatic heterocycles. The summed E-state index contributed by atoms with van der Waals surface area (Å²) in [5.74, 6) is 0. The average molecular weight is 251 g/mol. The molecule has 4 nitrogen and oxygen atoms in total. The van der Waals surface area contributed by atoms with E-state index in [-0.39, 0.29) is 6.04 Å². The zero-order valence-electron chi connectivity index (χ0n) is 9.89. The molecule has 17 heavy (non-hydrogen) atoms. The van der Waals surface area contributed by atoms with Gasteiger partial charge in [0.25, 0.3) is 0 Å². The predicted octanol–water partition coefficient (Wildman–Crippen LogP) is 1.97. The number of hydrogen-bond acceptors (Lipinski definition) is 3. The topological polar surface area (TPSA) is 42.7 Å². The van der Waals surface area contributed by atoms with Crippen LogP contribution in [0.2, 0.25) is 5.02 Å². The highest BCUT2D eigenvalue weighted by molar-refractivity contribution is 6.31. The zero-order chi connectivity index (χ0) is 12.3. The number of aromatic nitrogens is 3. The Morgan fingerprint density at radius 1 is 1.41 bits per heavy atom. The lowest BCUT2D eigenvalue weighted by molar-refractivity contribution is 0.583. The second kappa shape index (κ2) is 5.29. The number of rotatable bonds is 4. The average Bonchev–Trinajstić information content (AvgIpc) is 2.73. The number of benzene rings is 1. The van der Waals surface area contributed by atoms with Crippen LogP contribution >= 0.6 is 11.6 Å². The van der Waals surface area contributed by atoms with Gasteiger partial charge in [-0.25, -0.2) is 0 Å². The molecule has 1 heterocycles. The first-order chi connectivity index (χ1) is 8.20. The van der Waals surface area contributed by atoms with E-state index in [4.69, 9.17) is 11.6 Å². The van der Waals surface area contributed by atoms with E-state index in [1.807, 2.05) is 44.6 Å². The van der Waals surface area contributed by atoms with Crippen molar-refractivity contribution in [3.8, 4) is 0 Å². The lowest BCUT2D eigenvalue weighted by Gasteiger charge is -2.16. The van der Waals surface area contributed by atoms with Crippen molar-refractivity contribution in [3.05, 3.63) is 46.7 Å². The minimum absolute atomic E-state index is 0.153. The third-order valence-electron chi connectivity index (χ3n) is 2.69. The van der Waals surface area contributed by atoms with E-state index in [2.05, 4.69) is 15.6 Å². The molecule has 2 aromatic rings. The lowest BCUT2D eigenvalue weighted by Crippen LogP contribution is -2.19. The van der Waals surface area contributed by atoms with Crippen LogP contribution in [0.4, 0.5) is 0 Å². The normalized spacial score (nSPS) is 12.6. The Bertz CT molecular complexity index is 495. The van der Waals surface area contributed by atoms with Crippen LogP contribution < -0.4 is 5.32 Å². The Labute approximate surface area is 106 Å². The molecule has 0 bridgehead atoms. The van der Waals surface area contributed by atoms with Gasteiger partial charge in [-0.15, -0.1) is 5.10 Å². The zero-order valence-corrected chi connectivity index (χ0v) is 10.6. The van der Waals surface area contributed by atoms with Crippen molar-refractivity contribution in [3.63, 3.8) is 0 Å².